The number of rotatable bonds is 4. The van der Waals surface area contributed by atoms with Crippen molar-refractivity contribution in [3.05, 3.63) is 5.89 Å². The molecule has 1 aliphatic carbocycles. The van der Waals surface area contributed by atoms with E-state index >= 15 is 0 Å². The van der Waals surface area contributed by atoms with E-state index in [1.54, 1.807) is 0 Å². The summed E-state index contributed by atoms with van der Waals surface area (Å²) in [5.41, 5.74) is 0. The molecule has 5 heteroatoms. The number of hydrogen-bond acceptors (Lipinski definition) is 4. The summed E-state index contributed by atoms with van der Waals surface area (Å²) in [6, 6.07) is 0.492. The molecule has 1 aliphatic rings. The van der Waals surface area contributed by atoms with Gasteiger partial charge in [0.05, 0.1) is 0 Å². The summed E-state index contributed by atoms with van der Waals surface area (Å²) in [5, 5.41) is 10.8. The van der Waals surface area contributed by atoms with E-state index in [0.29, 0.717) is 11.9 Å². The van der Waals surface area contributed by atoms with E-state index in [1.807, 2.05) is 6.92 Å². The van der Waals surface area contributed by atoms with Crippen molar-refractivity contribution in [2.24, 2.45) is 11.8 Å². The molecule has 96 valence electrons. The van der Waals surface area contributed by atoms with Gasteiger partial charge < -0.3 is 9.73 Å². The molecule has 0 aliphatic heterocycles. The Morgan fingerprint density at radius 2 is 2.06 bits per heavy atom. The summed E-state index contributed by atoms with van der Waals surface area (Å²) in [7, 11) is 0. The molecule has 1 aromatic rings. The van der Waals surface area contributed by atoms with Crippen molar-refractivity contribution in [3.63, 3.8) is 0 Å². The Labute approximate surface area is 107 Å². The molecule has 1 saturated carbocycles. The number of hydrogen-bond donors (Lipinski definition) is 1. The molecule has 17 heavy (non-hydrogen) atoms. The molecule has 1 N–H and O–H groups in total. The number of anilines is 1. The number of alkyl halides is 1. The monoisotopic (exact) mass is 257 g/mol. The van der Waals surface area contributed by atoms with Crippen LogP contribution in [0.3, 0.4) is 0 Å². The van der Waals surface area contributed by atoms with Gasteiger partial charge in [0.1, 0.15) is 5.38 Å². The van der Waals surface area contributed by atoms with Crippen molar-refractivity contribution in [3.8, 4) is 0 Å². The molecule has 1 heterocycles. The fourth-order valence-corrected chi connectivity index (χ4v) is 2.32. The highest BCUT2D eigenvalue weighted by Gasteiger charge is 2.19. The minimum absolute atomic E-state index is 0.228. The van der Waals surface area contributed by atoms with Crippen molar-refractivity contribution in [2.75, 3.05) is 11.9 Å². The summed E-state index contributed by atoms with van der Waals surface area (Å²) >= 11 is 5.86. The Morgan fingerprint density at radius 1 is 1.35 bits per heavy atom. The van der Waals surface area contributed by atoms with Gasteiger partial charge in [-0.15, -0.1) is 16.7 Å². The summed E-state index contributed by atoms with van der Waals surface area (Å²) in [5.74, 6) is 2.10. The highest BCUT2D eigenvalue weighted by atomic mass is 35.5. The highest BCUT2D eigenvalue weighted by molar-refractivity contribution is 6.20. The van der Waals surface area contributed by atoms with Gasteiger partial charge in [-0.05, 0) is 31.6 Å². The molecule has 0 radical (unpaired) electrons. The van der Waals surface area contributed by atoms with Crippen LogP contribution in [0, 0.1) is 11.8 Å². The lowest BCUT2D eigenvalue weighted by Crippen LogP contribution is -2.20. The van der Waals surface area contributed by atoms with Gasteiger partial charge in [-0.2, -0.15) is 0 Å². The SMILES string of the molecule is CC1CCC(CNc2nnc(C(C)Cl)o2)CC1. The molecule has 1 atom stereocenters. The van der Waals surface area contributed by atoms with Crippen LogP contribution in [0.2, 0.25) is 0 Å². The molecule has 1 aromatic heterocycles. The van der Waals surface area contributed by atoms with E-state index < -0.39 is 0 Å². The third-order valence-corrected chi connectivity index (χ3v) is 3.64. The first kappa shape index (κ1) is 12.7. The Morgan fingerprint density at radius 3 is 2.65 bits per heavy atom. The third kappa shape index (κ3) is 3.60. The van der Waals surface area contributed by atoms with Crippen molar-refractivity contribution in [1.29, 1.82) is 0 Å². The summed E-state index contributed by atoms with van der Waals surface area (Å²) in [4.78, 5) is 0. The lowest BCUT2D eigenvalue weighted by atomic mass is 9.83. The molecule has 0 aromatic carbocycles. The third-order valence-electron chi connectivity index (χ3n) is 3.46. The van der Waals surface area contributed by atoms with Crippen molar-refractivity contribution in [1.82, 2.24) is 10.2 Å². The van der Waals surface area contributed by atoms with E-state index in [-0.39, 0.29) is 5.38 Å². The molecule has 0 spiro atoms. The molecule has 4 nitrogen and oxygen atoms in total. The second kappa shape index (κ2) is 5.71. The van der Waals surface area contributed by atoms with E-state index in [4.69, 9.17) is 16.0 Å². The van der Waals surface area contributed by atoms with Gasteiger partial charge in [-0.25, -0.2) is 0 Å². The smallest absolute Gasteiger partial charge is 0.315 e. The molecule has 1 unspecified atom stereocenters. The fourth-order valence-electron chi connectivity index (χ4n) is 2.23. The predicted molar refractivity (Wildman–Crippen MR) is 68.2 cm³/mol. The van der Waals surface area contributed by atoms with Gasteiger partial charge in [-0.1, -0.05) is 24.9 Å². The molecule has 0 amide bonds. The van der Waals surface area contributed by atoms with E-state index in [1.165, 1.54) is 25.7 Å². The standard InChI is InChI=1S/C12H20ClN3O/c1-8-3-5-10(6-4-8)7-14-12-16-15-11(17-12)9(2)13/h8-10H,3-7H2,1-2H3,(H,14,16). The molecule has 0 bridgehead atoms. The number of nitrogens with zero attached hydrogens (tertiary/aromatic N) is 2. The number of nitrogens with one attached hydrogen (secondary N) is 1. The zero-order chi connectivity index (χ0) is 12.3. The van der Waals surface area contributed by atoms with E-state index in [9.17, 15) is 0 Å². The molecule has 0 saturated heterocycles. The van der Waals surface area contributed by atoms with Gasteiger partial charge in [0.25, 0.3) is 0 Å². The number of halogens is 1. The lowest BCUT2D eigenvalue weighted by Gasteiger charge is -2.25. The van der Waals surface area contributed by atoms with Gasteiger partial charge in [0.2, 0.25) is 5.89 Å². The molecule has 1 fully saturated rings. The van der Waals surface area contributed by atoms with Gasteiger partial charge >= 0.3 is 6.01 Å². The van der Waals surface area contributed by atoms with Crippen molar-refractivity contribution < 1.29 is 4.42 Å². The van der Waals surface area contributed by atoms with Gasteiger partial charge in [0, 0.05) is 6.54 Å². The maximum Gasteiger partial charge on any atom is 0.315 e. The van der Waals surface area contributed by atoms with Crippen LogP contribution in [-0.4, -0.2) is 16.7 Å². The minimum atomic E-state index is -0.228. The predicted octanol–water partition coefficient (Wildman–Crippen LogP) is 3.61. The Bertz CT molecular complexity index is 345. The quantitative estimate of drug-likeness (QED) is 0.838. The first-order valence-corrected chi connectivity index (χ1v) is 6.80. The Balaban J connectivity index is 1.77. The maximum atomic E-state index is 5.86. The zero-order valence-electron chi connectivity index (χ0n) is 10.4. The average molecular weight is 258 g/mol. The van der Waals surface area contributed by atoms with E-state index in [0.717, 1.165) is 18.4 Å². The van der Waals surface area contributed by atoms with Crippen LogP contribution >= 0.6 is 11.6 Å². The summed E-state index contributed by atoms with van der Waals surface area (Å²) in [6.45, 7) is 5.07. The fraction of sp³-hybridized carbons (Fsp3) is 0.833. The van der Waals surface area contributed by atoms with Crippen LogP contribution in [0.25, 0.3) is 0 Å². The Kier molecular flexibility index (Phi) is 4.26. The molecular formula is C12H20ClN3O. The van der Waals surface area contributed by atoms with Crippen LogP contribution in [0.4, 0.5) is 6.01 Å². The van der Waals surface area contributed by atoms with Crippen LogP contribution in [-0.2, 0) is 0 Å². The van der Waals surface area contributed by atoms with Gasteiger partial charge in [-0.3, -0.25) is 0 Å². The van der Waals surface area contributed by atoms with Crippen molar-refractivity contribution in [2.45, 2.75) is 44.9 Å². The number of aromatic nitrogens is 2. The lowest BCUT2D eigenvalue weighted by molar-refractivity contribution is 0.299. The summed E-state index contributed by atoms with van der Waals surface area (Å²) in [6.07, 6.45) is 5.25. The topological polar surface area (TPSA) is 51.0 Å². The van der Waals surface area contributed by atoms with Crippen LogP contribution in [0.1, 0.15) is 50.8 Å². The second-order valence-corrected chi connectivity index (χ2v) is 5.72. The van der Waals surface area contributed by atoms with Gasteiger partial charge in [0.15, 0.2) is 0 Å². The highest BCUT2D eigenvalue weighted by Crippen LogP contribution is 2.28. The van der Waals surface area contributed by atoms with Crippen LogP contribution in [0.5, 0.6) is 0 Å². The van der Waals surface area contributed by atoms with Crippen LogP contribution in [0.15, 0.2) is 4.42 Å². The van der Waals surface area contributed by atoms with Crippen LogP contribution < -0.4 is 5.32 Å². The molecule has 2 rings (SSSR count). The first-order chi connectivity index (χ1) is 8.15. The normalized spacial score (nSPS) is 26.8. The first-order valence-electron chi connectivity index (χ1n) is 6.36. The largest absolute Gasteiger partial charge is 0.407 e. The maximum absolute atomic E-state index is 5.86. The average Bonchev–Trinajstić information content (AvgIpc) is 2.77. The Hall–Kier alpha value is -0.770. The molecular weight excluding hydrogens is 238 g/mol. The second-order valence-electron chi connectivity index (χ2n) is 5.07. The minimum Gasteiger partial charge on any atom is -0.407 e. The van der Waals surface area contributed by atoms with E-state index in [2.05, 4.69) is 22.4 Å². The zero-order valence-corrected chi connectivity index (χ0v) is 11.2. The van der Waals surface area contributed by atoms with Crippen molar-refractivity contribution >= 4 is 17.6 Å². The summed E-state index contributed by atoms with van der Waals surface area (Å²) < 4.78 is 5.39.